The van der Waals surface area contributed by atoms with Gasteiger partial charge in [0, 0.05) is 5.56 Å². The molecule has 1 heterocycles. The average Bonchev–Trinajstić information content (AvgIpc) is 2.62. The van der Waals surface area contributed by atoms with Crippen LogP contribution < -0.4 is 4.74 Å². The number of benzene rings is 1. The summed E-state index contributed by atoms with van der Waals surface area (Å²) in [5, 5.41) is 20.1. The minimum Gasteiger partial charge on any atom is -0.508 e. The van der Waals surface area contributed by atoms with E-state index in [-0.39, 0.29) is 11.4 Å². The van der Waals surface area contributed by atoms with E-state index in [0.717, 1.165) is 42.6 Å². The van der Waals surface area contributed by atoms with Crippen molar-refractivity contribution in [1.29, 1.82) is 0 Å². The molecule has 0 saturated carbocycles. The Kier molecular flexibility index (Phi) is 8.54. The van der Waals surface area contributed by atoms with Gasteiger partial charge in [-0.2, -0.15) is 0 Å². The summed E-state index contributed by atoms with van der Waals surface area (Å²) in [4.78, 5) is 0. The first-order valence-electron chi connectivity index (χ1n) is 10.9. The zero-order valence-corrected chi connectivity index (χ0v) is 19.5. The zero-order valence-electron chi connectivity index (χ0n) is 19.5. The van der Waals surface area contributed by atoms with Crippen molar-refractivity contribution in [3.05, 3.63) is 64.3 Å². The molecule has 0 unspecified atom stereocenters. The summed E-state index contributed by atoms with van der Waals surface area (Å²) in [7, 11) is 0. The van der Waals surface area contributed by atoms with E-state index in [0.29, 0.717) is 6.42 Å². The van der Waals surface area contributed by atoms with Gasteiger partial charge in [0.05, 0.1) is 6.10 Å². The topological polar surface area (TPSA) is 49.7 Å². The fourth-order valence-corrected chi connectivity index (χ4v) is 3.79. The van der Waals surface area contributed by atoms with Gasteiger partial charge in [0.1, 0.15) is 17.1 Å². The number of hydrogen-bond donors (Lipinski definition) is 2. The van der Waals surface area contributed by atoms with Crippen LogP contribution in [0.2, 0.25) is 0 Å². The third-order valence-electron chi connectivity index (χ3n) is 5.47. The molecule has 1 aliphatic rings. The monoisotopic (exact) mass is 410 g/mol. The van der Waals surface area contributed by atoms with Gasteiger partial charge in [0.2, 0.25) is 0 Å². The fourth-order valence-electron chi connectivity index (χ4n) is 3.79. The van der Waals surface area contributed by atoms with Crippen molar-refractivity contribution in [2.75, 3.05) is 0 Å². The molecule has 1 aliphatic heterocycles. The molecule has 0 aliphatic carbocycles. The van der Waals surface area contributed by atoms with Crippen molar-refractivity contribution in [3.63, 3.8) is 0 Å². The Morgan fingerprint density at radius 3 is 2.53 bits per heavy atom. The predicted molar refractivity (Wildman–Crippen MR) is 127 cm³/mol. The quantitative estimate of drug-likeness (QED) is 0.429. The molecular formula is C27H38O3. The van der Waals surface area contributed by atoms with Crippen LogP contribution in [-0.4, -0.2) is 21.9 Å². The highest BCUT2D eigenvalue weighted by atomic mass is 16.5. The molecule has 3 nitrogen and oxygen atoms in total. The van der Waals surface area contributed by atoms with Crippen LogP contribution in [-0.2, 0) is 0 Å². The maximum Gasteiger partial charge on any atom is 0.131 e. The van der Waals surface area contributed by atoms with Crippen LogP contribution in [0.3, 0.4) is 0 Å². The van der Waals surface area contributed by atoms with Crippen LogP contribution in [0.5, 0.6) is 11.5 Å². The number of aromatic hydroxyl groups is 1. The Bertz CT molecular complexity index is 853. The number of aliphatic hydroxyl groups is 1. The molecule has 0 spiro atoms. The highest BCUT2D eigenvalue weighted by molar-refractivity contribution is 5.65. The number of aryl methyl sites for hydroxylation is 1. The van der Waals surface area contributed by atoms with E-state index in [1.165, 1.54) is 16.7 Å². The number of hydrogen-bond acceptors (Lipinski definition) is 3. The standard InChI is InChI=1S/C27H38O3/c1-19(2)9-7-10-20(3)15-24(28)16-21(4)11-8-13-27(6)14-12-23-18-25(29)17-22(5)26(23)30-27/h9,11-12,14-15,17-18,24,28-29H,7-8,10,13,16H2,1-6H3/b20-15+,21-11+/t24-,27+/m0/s1. The Morgan fingerprint density at radius 2 is 1.83 bits per heavy atom. The number of rotatable bonds is 9. The number of phenolic OH excluding ortho intramolecular Hbond substituents is 1. The van der Waals surface area contributed by atoms with Crippen LogP contribution in [0.15, 0.2) is 53.2 Å². The number of allylic oxidation sites excluding steroid dienone is 4. The Morgan fingerprint density at radius 1 is 1.10 bits per heavy atom. The van der Waals surface area contributed by atoms with Gasteiger partial charge in [-0.1, -0.05) is 41.0 Å². The van der Waals surface area contributed by atoms with Crippen LogP contribution in [0, 0.1) is 6.92 Å². The van der Waals surface area contributed by atoms with E-state index < -0.39 is 6.10 Å². The SMILES string of the molecule is CC(C)=CCC/C(C)=C/[C@H](O)C/C(C)=C/CC[C@]1(C)C=Cc2cc(O)cc(C)c2O1. The second-order valence-electron chi connectivity index (χ2n) is 9.12. The van der Waals surface area contributed by atoms with Crippen molar-refractivity contribution in [2.45, 2.75) is 85.4 Å². The van der Waals surface area contributed by atoms with Gasteiger partial charge in [-0.15, -0.1) is 0 Å². The summed E-state index contributed by atoms with van der Waals surface area (Å²) < 4.78 is 6.28. The lowest BCUT2D eigenvalue weighted by molar-refractivity contribution is 0.127. The first-order valence-corrected chi connectivity index (χ1v) is 10.9. The largest absolute Gasteiger partial charge is 0.508 e. The van der Waals surface area contributed by atoms with Crippen LogP contribution in [0.25, 0.3) is 6.08 Å². The van der Waals surface area contributed by atoms with E-state index in [9.17, 15) is 10.2 Å². The number of fused-ring (bicyclic) bond motifs is 1. The third kappa shape index (κ3) is 7.53. The lowest BCUT2D eigenvalue weighted by Gasteiger charge is -2.32. The number of ether oxygens (including phenoxy) is 1. The van der Waals surface area contributed by atoms with Crippen molar-refractivity contribution < 1.29 is 14.9 Å². The number of phenols is 1. The van der Waals surface area contributed by atoms with Gasteiger partial charge in [0.25, 0.3) is 0 Å². The molecule has 0 bridgehead atoms. The van der Waals surface area contributed by atoms with Crippen LogP contribution in [0.1, 0.15) is 77.8 Å². The lowest BCUT2D eigenvalue weighted by atomic mass is 9.93. The van der Waals surface area contributed by atoms with E-state index in [1.54, 1.807) is 12.1 Å². The van der Waals surface area contributed by atoms with Crippen LogP contribution in [0.4, 0.5) is 0 Å². The zero-order chi connectivity index (χ0) is 22.3. The second kappa shape index (κ2) is 10.7. The minimum absolute atomic E-state index is 0.265. The molecule has 2 rings (SSSR count). The van der Waals surface area contributed by atoms with Crippen LogP contribution >= 0.6 is 0 Å². The molecule has 2 N–H and O–H groups in total. The van der Waals surface area contributed by atoms with Crippen molar-refractivity contribution in [3.8, 4) is 11.5 Å². The van der Waals surface area contributed by atoms with E-state index >= 15 is 0 Å². The van der Waals surface area contributed by atoms with Crippen molar-refractivity contribution in [1.82, 2.24) is 0 Å². The summed E-state index contributed by atoms with van der Waals surface area (Å²) in [5.74, 6) is 1.11. The summed E-state index contributed by atoms with van der Waals surface area (Å²) in [6, 6.07) is 3.47. The van der Waals surface area contributed by atoms with Crippen molar-refractivity contribution >= 4 is 6.08 Å². The molecule has 0 radical (unpaired) electrons. The van der Waals surface area contributed by atoms with E-state index in [4.69, 9.17) is 4.74 Å². The highest BCUT2D eigenvalue weighted by Gasteiger charge is 2.27. The van der Waals surface area contributed by atoms with Gasteiger partial charge in [-0.25, -0.2) is 0 Å². The molecule has 1 aromatic rings. The lowest BCUT2D eigenvalue weighted by Crippen LogP contribution is -2.32. The fraction of sp³-hybridized carbons (Fsp3) is 0.481. The van der Waals surface area contributed by atoms with Gasteiger partial charge in [0.15, 0.2) is 0 Å². The summed E-state index contributed by atoms with van der Waals surface area (Å²) >= 11 is 0. The molecule has 2 atom stereocenters. The normalized spacial score (nSPS) is 19.8. The molecule has 164 valence electrons. The second-order valence-corrected chi connectivity index (χ2v) is 9.12. The smallest absolute Gasteiger partial charge is 0.131 e. The first kappa shape index (κ1) is 24.0. The summed E-state index contributed by atoms with van der Waals surface area (Å²) in [5.41, 5.74) is 5.27. The Balaban J connectivity index is 1.87. The maximum atomic E-state index is 10.4. The maximum absolute atomic E-state index is 10.4. The summed E-state index contributed by atoms with van der Waals surface area (Å²) in [6.45, 7) is 12.4. The Labute approximate surface area is 182 Å². The average molecular weight is 411 g/mol. The van der Waals surface area contributed by atoms with Gasteiger partial charge in [-0.3, -0.25) is 0 Å². The third-order valence-corrected chi connectivity index (χ3v) is 5.47. The first-order chi connectivity index (χ1) is 14.1. The van der Waals surface area contributed by atoms with Gasteiger partial charge in [-0.05, 0) is 97.4 Å². The van der Waals surface area contributed by atoms with E-state index in [1.807, 2.05) is 19.1 Å². The Hall–Kier alpha value is -2.26. The summed E-state index contributed by atoms with van der Waals surface area (Å²) in [6.07, 6.45) is 14.5. The molecule has 30 heavy (non-hydrogen) atoms. The molecule has 3 heteroatoms. The number of aliphatic hydroxyl groups excluding tert-OH is 1. The molecular weight excluding hydrogens is 372 g/mol. The molecule has 0 fully saturated rings. The molecule has 1 aromatic carbocycles. The highest BCUT2D eigenvalue weighted by Crippen LogP contribution is 2.38. The van der Waals surface area contributed by atoms with Crippen molar-refractivity contribution in [2.24, 2.45) is 0 Å². The van der Waals surface area contributed by atoms with Gasteiger partial charge >= 0.3 is 0 Å². The minimum atomic E-state index is -0.434. The van der Waals surface area contributed by atoms with E-state index in [2.05, 4.69) is 52.8 Å². The molecule has 0 aromatic heterocycles. The molecule has 0 amide bonds. The molecule has 0 saturated heterocycles. The van der Waals surface area contributed by atoms with Gasteiger partial charge < -0.3 is 14.9 Å². The predicted octanol–water partition coefficient (Wildman–Crippen LogP) is 7.04.